The van der Waals surface area contributed by atoms with E-state index in [1.54, 1.807) is 0 Å². The number of hydrogen-bond acceptors (Lipinski definition) is 2. The van der Waals surface area contributed by atoms with Gasteiger partial charge in [0.15, 0.2) is 0 Å². The number of benzene rings is 7. The highest BCUT2D eigenvalue weighted by Gasteiger charge is 2.37. The molecule has 0 fully saturated rings. The highest BCUT2D eigenvalue weighted by atomic mass is 32.2. The van der Waals surface area contributed by atoms with E-state index >= 15 is 0 Å². The third-order valence-electron chi connectivity index (χ3n) is 9.96. The van der Waals surface area contributed by atoms with Crippen molar-refractivity contribution < 1.29 is 0 Å². The summed E-state index contributed by atoms with van der Waals surface area (Å²) in [5.41, 5.74) is 14.1. The Morgan fingerprint density at radius 3 is 1.40 bits per heavy atom. The first kappa shape index (κ1) is 26.0. The van der Waals surface area contributed by atoms with Crippen LogP contribution in [-0.4, -0.2) is 14.4 Å². The van der Waals surface area contributed by atoms with Crippen molar-refractivity contribution in [3.05, 3.63) is 152 Å². The van der Waals surface area contributed by atoms with Crippen molar-refractivity contribution in [3.63, 3.8) is 0 Å². The maximum atomic E-state index is 2.51. The second-order valence-corrected chi connectivity index (χ2v) is 15.0. The van der Waals surface area contributed by atoms with Crippen molar-refractivity contribution in [2.24, 2.45) is 0 Å². The van der Waals surface area contributed by atoms with Crippen LogP contribution in [0.5, 0.6) is 0 Å². The molecule has 0 aliphatic carbocycles. The number of fused-ring (bicyclic) bond motifs is 10. The van der Waals surface area contributed by atoms with Crippen LogP contribution in [0.25, 0.3) is 77.2 Å². The molecule has 11 rings (SSSR count). The molecule has 5 heteroatoms. The second kappa shape index (κ2) is 9.71. The Hall–Kier alpha value is -5.10. The molecular weight excluding hydrogens is 607 g/mol. The lowest BCUT2D eigenvalue weighted by Crippen LogP contribution is -2.33. The predicted octanol–water partition coefficient (Wildman–Crippen LogP) is 11.1. The first-order valence-electron chi connectivity index (χ1n) is 16.0. The van der Waals surface area contributed by atoms with Crippen molar-refractivity contribution in [2.75, 3.05) is 0 Å². The molecule has 0 spiro atoms. The van der Waals surface area contributed by atoms with Gasteiger partial charge >= 0.3 is 5.27 Å². The van der Waals surface area contributed by atoms with Gasteiger partial charge in [-0.3, -0.25) is 0 Å². The minimum absolute atomic E-state index is 0.334. The van der Waals surface area contributed by atoms with Crippen LogP contribution in [0.2, 0.25) is 0 Å². The highest BCUT2D eigenvalue weighted by molar-refractivity contribution is 8.56. The smallest absolute Gasteiger partial charge is 0.309 e. The third kappa shape index (κ3) is 3.61. The summed E-state index contributed by atoms with van der Waals surface area (Å²) in [5.74, 6) is 0. The van der Waals surface area contributed by atoms with E-state index in [1.165, 1.54) is 92.5 Å². The Morgan fingerprint density at radius 1 is 0.362 bits per heavy atom. The number of nitrogens with zero attached hydrogens (tertiary/aromatic N) is 2. The Bertz CT molecular complexity index is 2690. The van der Waals surface area contributed by atoms with Crippen LogP contribution in [0.3, 0.4) is 0 Å². The van der Waals surface area contributed by atoms with E-state index in [0.717, 1.165) is 0 Å². The largest absolute Gasteiger partial charge is 0.318 e. The fourth-order valence-electron chi connectivity index (χ4n) is 7.99. The molecule has 0 bridgehead atoms. The van der Waals surface area contributed by atoms with Crippen LogP contribution in [0, 0.1) is 0 Å². The minimum atomic E-state index is 0.334. The van der Waals surface area contributed by atoms with E-state index in [4.69, 9.17) is 0 Å². The zero-order valence-electron chi connectivity index (χ0n) is 25.2. The van der Waals surface area contributed by atoms with Crippen molar-refractivity contribution in [3.8, 4) is 33.6 Å². The first-order valence-corrected chi connectivity index (χ1v) is 17.8. The average molecular weight is 633 g/mol. The molecule has 9 aromatic rings. The molecule has 2 nitrogen and oxygen atoms in total. The highest BCUT2D eigenvalue weighted by Crippen LogP contribution is 2.50. The van der Waals surface area contributed by atoms with Gasteiger partial charge in [0.05, 0.1) is 22.1 Å². The van der Waals surface area contributed by atoms with Crippen molar-refractivity contribution in [2.45, 2.75) is 9.79 Å². The van der Waals surface area contributed by atoms with Gasteiger partial charge in [0.25, 0.3) is 0 Å². The Morgan fingerprint density at radius 2 is 0.830 bits per heavy atom. The van der Waals surface area contributed by atoms with Crippen LogP contribution in [0.15, 0.2) is 161 Å². The normalized spacial score (nSPS) is 13.3. The Labute approximate surface area is 280 Å². The lowest BCUT2D eigenvalue weighted by atomic mass is 9.77. The molecule has 0 saturated heterocycles. The fraction of sp³-hybridized carbons (Fsp3) is 0. The summed E-state index contributed by atoms with van der Waals surface area (Å²) < 4.78 is 4.93. The third-order valence-corrected chi connectivity index (χ3v) is 12.7. The van der Waals surface area contributed by atoms with Crippen molar-refractivity contribution in [1.82, 2.24) is 9.13 Å². The molecule has 0 amide bonds. The van der Waals surface area contributed by atoms with Gasteiger partial charge in [-0.15, -0.1) is 0 Å². The van der Waals surface area contributed by atoms with E-state index in [2.05, 4.69) is 161 Å². The maximum absolute atomic E-state index is 2.51. The molecule has 0 atom stereocenters. The van der Waals surface area contributed by atoms with Crippen molar-refractivity contribution in [1.29, 1.82) is 0 Å². The molecule has 0 saturated carbocycles. The van der Waals surface area contributed by atoms with Gasteiger partial charge < -0.3 is 9.13 Å². The predicted molar refractivity (Wildman–Crippen MR) is 203 cm³/mol. The van der Waals surface area contributed by atoms with E-state index in [1.807, 2.05) is 23.2 Å². The van der Waals surface area contributed by atoms with Gasteiger partial charge in [-0.05, 0) is 88.4 Å². The number of hydrogen-bond donors (Lipinski definition) is 0. The summed E-state index contributed by atoms with van der Waals surface area (Å²) in [6.07, 6.45) is 0. The molecule has 4 heterocycles. The first-order chi connectivity index (χ1) is 23.3. The average Bonchev–Trinajstić information content (AvgIpc) is 3.63. The van der Waals surface area contributed by atoms with Crippen LogP contribution >= 0.6 is 23.2 Å². The van der Waals surface area contributed by atoms with Crippen molar-refractivity contribution >= 4 is 77.6 Å². The summed E-state index contributed by atoms with van der Waals surface area (Å²) in [5, 5.41) is 5.41. The Kier molecular flexibility index (Phi) is 5.38. The standard InChI is InChI=1S/C42H25BN2S2/c1-2-12-26(13-3-1)44-36-18-8-4-14-28(36)32-25-39-33(24-38(32)44)29-15-5-9-19-37(29)45(39)27-22-34-30-16-6-10-20-40(30)46-43-42(34)35(23-27)31-17-7-11-21-41(31)47-43/h1-25H. The second-order valence-electron chi connectivity index (χ2n) is 12.4. The maximum Gasteiger partial charge on any atom is 0.318 e. The molecule has 2 aromatic heterocycles. The van der Waals surface area contributed by atoms with Crippen LogP contribution in [0.4, 0.5) is 0 Å². The topological polar surface area (TPSA) is 9.86 Å². The zero-order chi connectivity index (χ0) is 30.6. The molecular formula is C42H25BN2S2. The zero-order valence-corrected chi connectivity index (χ0v) is 26.9. The SMILES string of the molecule is c1ccc(-n2c3ccccc3c3cc4c(cc32)c2ccccc2n4-c2cc3c4c(c2)-c2ccccc2SB4Sc2ccccc2-3)cc1. The molecule has 0 N–H and O–H groups in total. The van der Waals surface area contributed by atoms with Gasteiger partial charge in [0.1, 0.15) is 0 Å². The minimum Gasteiger partial charge on any atom is -0.309 e. The summed E-state index contributed by atoms with van der Waals surface area (Å²) >= 11 is 3.99. The van der Waals surface area contributed by atoms with Crippen LogP contribution in [-0.2, 0) is 0 Å². The summed E-state index contributed by atoms with van der Waals surface area (Å²) in [4.78, 5) is 2.72. The van der Waals surface area contributed by atoms with E-state index in [0.29, 0.717) is 5.27 Å². The summed E-state index contributed by atoms with van der Waals surface area (Å²) in [7, 11) is 0. The summed E-state index contributed by atoms with van der Waals surface area (Å²) in [6, 6.07) is 56.2. The molecule has 0 radical (unpaired) electrons. The monoisotopic (exact) mass is 632 g/mol. The van der Waals surface area contributed by atoms with Gasteiger partial charge in [0.2, 0.25) is 0 Å². The van der Waals surface area contributed by atoms with Gasteiger partial charge in [0, 0.05) is 42.7 Å². The fourth-order valence-corrected chi connectivity index (χ4v) is 10.9. The molecule has 2 aliphatic heterocycles. The quantitative estimate of drug-likeness (QED) is 0.176. The van der Waals surface area contributed by atoms with E-state index in [-0.39, 0.29) is 0 Å². The van der Waals surface area contributed by atoms with Gasteiger partial charge in [-0.25, -0.2) is 0 Å². The lowest BCUT2D eigenvalue weighted by molar-refractivity contribution is 1.17. The molecule has 7 aromatic carbocycles. The number of rotatable bonds is 2. The van der Waals surface area contributed by atoms with Gasteiger partial charge in [-0.1, -0.05) is 91.0 Å². The molecule has 0 unspecified atom stereocenters. The van der Waals surface area contributed by atoms with Crippen LogP contribution in [0.1, 0.15) is 0 Å². The lowest BCUT2D eigenvalue weighted by Gasteiger charge is -2.32. The van der Waals surface area contributed by atoms with E-state index < -0.39 is 0 Å². The van der Waals surface area contributed by atoms with E-state index in [9.17, 15) is 0 Å². The molecule has 218 valence electrons. The Balaban J connectivity index is 1.27. The molecule has 2 aliphatic rings. The number of aromatic nitrogens is 2. The summed E-state index contributed by atoms with van der Waals surface area (Å²) in [6.45, 7) is 0. The van der Waals surface area contributed by atoms with Gasteiger partial charge in [-0.2, -0.15) is 23.2 Å². The molecule has 47 heavy (non-hydrogen) atoms. The number of para-hydroxylation sites is 3. The van der Waals surface area contributed by atoms with Crippen LogP contribution < -0.4 is 5.46 Å².